The zero-order chi connectivity index (χ0) is 16.4. The smallest absolute Gasteiger partial charge is 0.262 e. The molecule has 2 aliphatic carbocycles. The lowest BCUT2D eigenvalue weighted by Gasteiger charge is -2.44. The molecule has 5 heteroatoms. The van der Waals surface area contributed by atoms with Gasteiger partial charge in [-0.15, -0.1) is 0 Å². The van der Waals surface area contributed by atoms with E-state index in [1.807, 2.05) is 6.92 Å². The van der Waals surface area contributed by atoms with Crippen LogP contribution in [0.3, 0.4) is 0 Å². The average Bonchev–Trinajstić information content (AvgIpc) is 2.92. The van der Waals surface area contributed by atoms with Crippen LogP contribution in [0.5, 0.6) is 0 Å². The molecule has 122 valence electrons. The van der Waals surface area contributed by atoms with Crippen LogP contribution in [0.15, 0.2) is 23.2 Å². The molecule has 5 nitrogen and oxygen atoms in total. The highest BCUT2D eigenvalue weighted by Gasteiger charge is 2.66. The number of nitrogens with zero attached hydrogens (tertiary/aromatic N) is 2. The molecule has 0 radical (unpaired) electrons. The molecule has 1 amide bonds. The third-order valence-electron chi connectivity index (χ3n) is 6.10. The number of aryl methyl sites for hydroxylation is 1. The summed E-state index contributed by atoms with van der Waals surface area (Å²) in [7, 11) is 1.70. The molecule has 23 heavy (non-hydrogen) atoms. The molecule has 1 unspecified atom stereocenters. The zero-order valence-corrected chi connectivity index (χ0v) is 13.7. The second kappa shape index (κ2) is 4.57. The lowest BCUT2D eigenvalue weighted by molar-refractivity contribution is -0.137. The van der Waals surface area contributed by atoms with Crippen molar-refractivity contribution in [1.29, 1.82) is 0 Å². The Morgan fingerprint density at radius 1 is 1.35 bits per heavy atom. The van der Waals surface area contributed by atoms with E-state index in [4.69, 9.17) is 10.7 Å². The number of amides is 1. The van der Waals surface area contributed by atoms with Gasteiger partial charge >= 0.3 is 0 Å². The monoisotopic (exact) mass is 313 g/mol. The van der Waals surface area contributed by atoms with Gasteiger partial charge in [0.15, 0.2) is 11.5 Å². The first-order valence-electron chi connectivity index (χ1n) is 8.31. The van der Waals surface area contributed by atoms with Crippen LogP contribution in [0.25, 0.3) is 0 Å². The molecule has 1 heterocycles. The maximum absolute atomic E-state index is 13.2. The summed E-state index contributed by atoms with van der Waals surface area (Å²) < 4.78 is 0. The summed E-state index contributed by atoms with van der Waals surface area (Å²) in [5.41, 5.74) is 8.24. The van der Waals surface area contributed by atoms with Crippen molar-refractivity contribution < 1.29 is 9.90 Å². The van der Waals surface area contributed by atoms with Gasteiger partial charge in [-0.25, -0.2) is 4.99 Å². The maximum Gasteiger partial charge on any atom is 0.262 e. The van der Waals surface area contributed by atoms with Gasteiger partial charge in [-0.3, -0.25) is 9.69 Å². The van der Waals surface area contributed by atoms with Crippen molar-refractivity contribution in [3.63, 3.8) is 0 Å². The normalized spacial score (nSPS) is 36.0. The number of guanidine groups is 1. The van der Waals surface area contributed by atoms with Crippen molar-refractivity contribution in [2.24, 2.45) is 16.1 Å². The predicted octanol–water partition coefficient (Wildman–Crippen LogP) is 1.45. The van der Waals surface area contributed by atoms with Crippen LogP contribution in [-0.2, 0) is 16.8 Å². The first kappa shape index (κ1) is 14.7. The highest BCUT2D eigenvalue weighted by molar-refractivity contribution is 6.08. The van der Waals surface area contributed by atoms with E-state index in [0.717, 1.165) is 43.2 Å². The van der Waals surface area contributed by atoms with E-state index in [1.54, 1.807) is 7.05 Å². The van der Waals surface area contributed by atoms with Crippen LogP contribution in [0.1, 0.15) is 42.4 Å². The number of hydrogen-bond acceptors (Lipinski definition) is 4. The quantitative estimate of drug-likeness (QED) is 0.761. The molecule has 1 fully saturated rings. The minimum Gasteiger partial charge on any atom is -0.393 e. The van der Waals surface area contributed by atoms with Crippen LogP contribution in [-0.4, -0.2) is 35.0 Å². The van der Waals surface area contributed by atoms with Gasteiger partial charge in [0.2, 0.25) is 0 Å². The van der Waals surface area contributed by atoms with E-state index < -0.39 is 5.54 Å². The zero-order valence-electron chi connectivity index (χ0n) is 13.7. The van der Waals surface area contributed by atoms with E-state index >= 15 is 0 Å². The maximum atomic E-state index is 13.2. The minimum absolute atomic E-state index is 0.0178. The van der Waals surface area contributed by atoms with Gasteiger partial charge in [0.1, 0.15) is 0 Å². The number of hydrogen-bond donors (Lipinski definition) is 2. The van der Waals surface area contributed by atoms with Crippen molar-refractivity contribution in [2.75, 3.05) is 7.05 Å². The van der Waals surface area contributed by atoms with E-state index in [0.29, 0.717) is 5.96 Å². The largest absolute Gasteiger partial charge is 0.393 e. The molecule has 2 spiro atoms. The Morgan fingerprint density at radius 2 is 2.04 bits per heavy atom. The minimum atomic E-state index is -0.896. The molecule has 1 aromatic carbocycles. The molecule has 3 N–H and O–H groups in total. The second-order valence-corrected chi connectivity index (χ2v) is 7.39. The molecular weight excluding hydrogens is 290 g/mol. The highest BCUT2D eigenvalue weighted by atomic mass is 16.3. The lowest BCUT2D eigenvalue weighted by atomic mass is 9.61. The predicted molar refractivity (Wildman–Crippen MR) is 87.9 cm³/mol. The number of carbonyl (C=O) groups is 1. The van der Waals surface area contributed by atoms with Crippen LogP contribution in [0.4, 0.5) is 0 Å². The number of aliphatic hydroxyl groups excluding tert-OH is 1. The fourth-order valence-electron chi connectivity index (χ4n) is 4.82. The topological polar surface area (TPSA) is 78.9 Å². The Kier molecular flexibility index (Phi) is 2.92. The molecular formula is C18H23N3O2. The summed E-state index contributed by atoms with van der Waals surface area (Å²) in [6.45, 7) is 2.04. The summed E-state index contributed by atoms with van der Waals surface area (Å²) in [6, 6.07) is 6.33. The van der Waals surface area contributed by atoms with Crippen molar-refractivity contribution in [3.05, 3.63) is 34.9 Å². The van der Waals surface area contributed by atoms with Crippen LogP contribution < -0.4 is 5.73 Å². The number of rotatable bonds is 0. The van der Waals surface area contributed by atoms with Crippen molar-refractivity contribution in [2.45, 2.75) is 50.7 Å². The molecule has 1 atom stereocenters. The summed E-state index contributed by atoms with van der Waals surface area (Å²) in [6.07, 6.45) is 3.63. The van der Waals surface area contributed by atoms with Crippen LogP contribution >= 0.6 is 0 Å². The first-order valence-corrected chi connectivity index (χ1v) is 8.31. The molecule has 1 aromatic rings. The fourth-order valence-corrected chi connectivity index (χ4v) is 4.82. The van der Waals surface area contributed by atoms with E-state index in [2.05, 4.69) is 18.2 Å². The SMILES string of the molecule is Cc1ccc2c(c1)C1(N=C(N)N(C)C1=O)C1(CCC(O)CC1)C2. The lowest BCUT2D eigenvalue weighted by Crippen LogP contribution is -2.51. The van der Waals surface area contributed by atoms with E-state index in [1.165, 1.54) is 10.5 Å². The molecule has 1 aliphatic heterocycles. The molecule has 1 saturated carbocycles. The van der Waals surface area contributed by atoms with Gasteiger partial charge in [-0.1, -0.05) is 23.8 Å². The summed E-state index contributed by atoms with van der Waals surface area (Å²) >= 11 is 0. The Bertz CT molecular complexity index is 719. The van der Waals surface area contributed by atoms with Gasteiger partial charge < -0.3 is 10.8 Å². The highest BCUT2D eigenvalue weighted by Crippen LogP contribution is 2.61. The van der Waals surface area contributed by atoms with Crippen molar-refractivity contribution in [3.8, 4) is 0 Å². The number of aliphatic imine (C=N–C) groups is 1. The molecule has 0 saturated heterocycles. The number of likely N-dealkylation sites (N-methyl/N-ethyl adjacent to an activating group) is 1. The number of carbonyl (C=O) groups excluding carboxylic acids is 1. The average molecular weight is 313 g/mol. The van der Waals surface area contributed by atoms with Gasteiger partial charge in [0.25, 0.3) is 5.91 Å². The summed E-state index contributed by atoms with van der Waals surface area (Å²) in [5.74, 6) is 0.283. The van der Waals surface area contributed by atoms with Gasteiger partial charge in [0.05, 0.1) is 6.10 Å². The molecule has 0 bridgehead atoms. The van der Waals surface area contributed by atoms with Crippen molar-refractivity contribution >= 4 is 11.9 Å². The van der Waals surface area contributed by atoms with Gasteiger partial charge in [-0.2, -0.15) is 0 Å². The van der Waals surface area contributed by atoms with Gasteiger partial charge in [-0.05, 0) is 50.2 Å². The summed E-state index contributed by atoms with van der Waals surface area (Å²) in [5, 5.41) is 9.96. The van der Waals surface area contributed by atoms with Gasteiger partial charge in [0, 0.05) is 12.5 Å². The fraction of sp³-hybridized carbons (Fsp3) is 0.556. The Balaban J connectivity index is 1.95. The van der Waals surface area contributed by atoms with Crippen molar-refractivity contribution in [1.82, 2.24) is 4.90 Å². The van der Waals surface area contributed by atoms with Crippen LogP contribution in [0.2, 0.25) is 0 Å². The Labute approximate surface area is 136 Å². The number of aliphatic hydroxyl groups is 1. The summed E-state index contributed by atoms with van der Waals surface area (Å²) in [4.78, 5) is 19.5. The molecule has 0 aromatic heterocycles. The van der Waals surface area contributed by atoms with Crippen LogP contribution in [0, 0.1) is 12.3 Å². The number of fused-ring (bicyclic) bond motifs is 3. The van der Waals surface area contributed by atoms with E-state index in [-0.39, 0.29) is 17.4 Å². The molecule has 4 rings (SSSR count). The number of nitrogens with two attached hydrogens (primary N) is 1. The number of benzene rings is 1. The second-order valence-electron chi connectivity index (χ2n) is 7.39. The third kappa shape index (κ3) is 1.71. The Hall–Kier alpha value is -1.88. The first-order chi connectivity index (χ1) is 10.9. The third-order valence-corrected chi connectivity index (χ3v) is 6.10. The van der Waals surface area contributed by atoms with E-state index in [9.17, 15) is 9.90 Å². The molecule has 3 aliphatic rings. The Morgan fingerprint density at radius 3 is 2.65 bits per heavy atom. The standard InChI is InChI=1S/C18H23N3O2/c1-11-3-4-12-10-17(7-5-13(22)6-8-17)18(14(12)9-11)15(23)21(2)16(19)20-18/h3-4,9,13,22H,5-8,10H2,1-2H3,(H2,19,20).